The van der Waals surface area contributed by atoms with Crippen LogP contribution in [0.25, 0.3) is 0 Å². The molecule has 1 fully saturated rings. The molecule has 0 aromatic heterocycles. The van der Waals surface area contributed by atoms with E-state index in [0.29, 0.717) is 23.7 Å². The molecule has 1 saturated carbocycles. The first kappa shape index (κ1) is 13.7. The molecule has 1 aliphatic carbocycles. The highest BCUT2D eigenvalue weighted by Gasteiger charge is 2.31. The summed E-state index contributed by atoms with van der Waals surface area (Å²) in [5, 5.41) is 0. The Bertz CT molecular complexity index is 237. The molecule has 0 radical (unpaired) electrons. The predicted molar refractivity (Wildman–Crippen MR) is 68.6 cm³/mol. The fourth-order valence-corrected chi connectivity index (χ4v) is 2.63. The van der Waals surface area contributed by atoms with Gasteiger partial charge in [0.1, 0.15) is 5.78 Å². The third kappa shape index (κ3) is 3.31. The SMILES string of the molecule is CCC(=O)C(C)N(C)C1CCC(C)(C)CC1. The van der Waals surface area contributed by atoms with Crippen molar-refractivity contribution < 1.29 is 4.79 Å². The number of likely N-dealkylation sites (N-methyl/N-ethyl adjacent to an activating group) is 1. The fourth-order valence-electron chi connectivity index (χ4n) is 2.63. The van der Waals surface area contributed by atoms with E-state index in [1.165, 1.54) is 25.7 Å². The molecule has 2 nitrogen and oxygen atoms in total. The van der Waals surface area contributed by atoms with Crippen LogP contribution < -0.4 is 0 Å². The Morgan fingerprint density at radius 2 is 1.88 bits per heavy atom. The second kappa shape index (κ2) is 5.31. The molecule has 2 heteroatoms. The van der Waals surface area contributed by atoms with E-state index in [1.807, 2.05) is 13.8 Å². The molecule has 0 heterocycles. The van der Waals surface area contributed by atoms with Gasteiger partial charge in [0.15, 0.2) is 0 Å². The molecule has 1 rings (SSSR count). The first-order valence-electron chi connectivity index (χ1n) is 6.62. The van der Waals surface area contributed by atoms with E-state index in [-0.39, 0.29) is 6.04 Å². The fraction of sp³-hybridized carbons (Fsp3) is 0.929. The van der Waals surface area contributed by atoms with Crippen molar-refractivity contribution in [3.63, 3.8) is 0 Å². The molecule has 0 aromatic rings. The Kier molecular flexibility index (Phi) is 4.54. The number of nitrogens with zero attached hydrogens (tertiary/aromatic N) is 1. The Morgan fingerprint density at radius 1 is 1.38 bits per heavy atom. The number of hydrogen-bond donors (Lipinski definition) is 0. The maximum absolute atomic E-state index is 11.7. The number of ketones is 1. The van der Waals surface area contributed by atoms with Crippen molar-refractivity contribution in [2.24, 2.45) is 5.41 Å². The van der Waals surface area contributed by atoms with Gasteiger partial charge in [-0.2, -0.15) is 0 Å². The third-order valence-electron chi connectivity index (χ3n) is 4.31. The van der Waals surface area contributed by atoms with Crippen LogP contribution in [0.15, 0.2) is 0 Å². The molecule has 1 aliphatic rings. The van der Waals surface area contributed by atoms with Crippen molar-refractivity contribution >= 4 is 5.78 Å². The number of hydrogen-bond acceptors (Lipinski definition) is 2. The maximum atomic E-state index is 11.7. The van der Waals surface area contributed by atoms with Crippen molar-refractivity contribution in [1.29, 1.82) is 0 Å². The zero-order chi connectivity index (χ0) is 12.3. The lowest BCUT2D eigenvalue weighted by molar-refractivity contribution is -0.124. The van der Waals surface area contributed by atoms with Crippen LogP contribution in [0.1, 0.15) is 59.8 Å². The van der Waals surface area contributed by atoms with Crippen molar-refractivity contribution in [3.8, 4) is 0 Å². The van der Waals surface area contributed by atoms with E-state index in [1.54, 1.807) is 0 Å². The van der Waals surface area contributed by atoms with Gasteiger partial charge in [-0.3, -0.25) is 9.69 Å². The van der Waals surface area contributed by atoms with Gasteiger partial charge in [-0.1, -0.05) is 20.8 Å². The summed E-state index contributed by atoms with van der Waals surface area (Å²) in [5.41, 5.74) is 0.509. The lowest BCUT2D eigenvalue weighted by Gasteiger charge is -2.40. The average molecular weight is 225 g/mol. The molecule has 94 valence electrons. The minimum Gasteiger partial charge on any atom is -0.298 e. The summed E-state index contributed by atoms with van der Waals surface area (Å²) in [6, 6.07) is 0.703. The molecule has 0 aliphatic heterocycles. The Balaban J connectivity index is 2.50. The molecule has 0 saturated heterocycles. The van der Waals surface area contributed by atoms with Gasteiger partial charge in [0.25, 0.3) is 0 Å². The van der Waals surface area contributed by atoms with Gasteiger partial charge in [0.05, 0.1) is 6.04 Å². The second-order valence-corrected chi connectivity index (χ2v) is 6.06. The van der Waals surface area contributed by atoms with E-state index in [0.717, 1.165) is 0 Å². The molecule has 0 bridgehead atoms. The number of Topliss-reactive ketones (excluding diaryl/α,β-unsaturated/α-hetero) is 1. The highest BCUT2D eigenvalue weighted by atomic mass is 16.1. The van der Waals surface area contributed by atoms with Crippen LogP contribution in [0.3, 0.4) is 0 Å². The van der Waals surface area contributed by atoms with Crippen LogP contribution in [0.2, 0.25) is 0 Å². The standard InChI is InChI=1S/C14H27NO/c1-6-13(16)11(2)15(5)12-7-9-14(3,4)10-8-12/h11-12H,6-10H2,1-5H3. The minimum atomic E-state index is 0.0937. The summed E-state index contributed by atoms with van der Waals surface area (Å²) < 4.78 is 0. The lowest BCUT2D eigenvalue weighted by atomic mass is 9.75. The van der Waals surface area contributed by atoms with Crippen LogP contribution >= 0.6 is 0 Å². The lowest BCUT2D eigenvalue weighted by Crippen LogP contribution is -2.45. The smallest absolute Gasteiger partial charge is 0.149 e. The van der Waals surface area contributed by atoms with Gasteiger partial charge in [0, 0.05) is 12.5 Å². The van der Waals surface area contributed by atoms with Crippen LogP contribution in [0.4, 0.5) is 0 Å². The van der Waals surface area contributed by atoms with Gasteiger partial charge in [-0.25, -0.2) is 0 Å². The van der Waals surface area contributed by atoms with Crippen molar-refractivity contribution in [3.05, 3.63) is 0 Å². The molecule has 0 spiro atoms. The topological polar surface area (TPSA) is 20.3 Å². The average Bonchev–Trinajstić information content (AvgIpc) is 2.26. The van der Waals surface area contributed by atoms with Crippen LogP contribution in [0.5, 0.6) is 0 Å². The van der Waals surface area contributed by atoms with E-state index in [4.69, 9.17) is 0 Å². The van der Waals surface area contributed by atoms with E-state index < -0.39 is 0 Å². The number of carbonyl (C=O) groups is 1. The molecule has 1 atom stereocenters. The Hall–Kier alpha value is -0.370. The summed E-state index contributed by atoms with van der Waals surface area (Å²) in [6.45, 7) is 8.70. The molecule has 0 N–H and O–H groups in total. The normalized spacial score (nSPS) is 23.4. The first-order valence-corrected chi connectivity index (χ1v) is 6.62. The van der Waals surface area contributed by atoms with Crippen molar-refractivity contribution in [2.45, 2.75) is 71.9 Å². The number of rotatable bonds is 4. The second-order valence-electron chi connectivity index (χ2n) is 6.06. The highest BCUT2D eigenvalue weighted by molar-refractivity contribution is 5.83. The van der Waals surface area contributed by atoms with Crippen LogP contribution in [-0.2, 0) is 4.79 Å². The summed E-state index contributed by atoms with van der Waals surface area (Å²) in [7, 11) is 2.11. The molecule has 16 heavy (non-hydrogen) atoms. The van der Waals surface area contributed by atoms with Gasteiger partial charge < -0.3 is 0 Å². The molecular formula is C14H27NO. The van der Waals surface area contributed by atoms with E-state index >= 15 is 0 Å². The third-order valence-corrected chi connectivity index (χ3v) is 4.31. The van der Waals surface area contributed by atoms with Gasteiger partial charge >= 0.3 is 0 Å². The van der Waals surface area contributed by atoms with Crippen molar-refractivity contribution in [2.75, 3.05) is 7.05 Å². The predicted octanol–water partition coefficient (Wildman–Crippen LogP) is 3.25. The van der Waals surface area contributed by atoms with Gasteiger partial charge in [-0.15, -0.1) is 0 Å². The highest BCUT2D eigenvalue weighted by Crippen LogP contribution is 2.37. The summed E-state index contributed by atoms with van der Waals surface area (Å²) in [4.78, 5) is 14.0. The quantitative estimate of drug-likeness (QED) is 0.732. The zero-order valence-electron chi connectivity index (χ0n) is 11.5. The van der Waals surface area contributed by atoms with E-state index in [9.17, 15) is 4.79 Å². The largest absolute Gasteiger partial charge is 0.298 e. The molecule has 0 amide bonds. The molecule has 0 aromatic carbocycles. The van der Waals surface area contributed by atoms with Crippen LogP contribution in [0, 0.1) is 5.41 Å². The monoisotopic (exact) mass is 225 g/mol. The summed E-state index contributed by atoms with van der Waals surface area (Å²) >= 11 is 0. The Labute approximate surface area is 100 Å². The van der Waals surface area contributed by atoms with Crippen LogP contribution in [-0.4, -0.2) is 29.8 Å². The maximum Gasteiger partial charge on any atom is 0.149 e. The number of carbonyl (C=O) groups excluding carboxylic acids is 1. The Morgan fingerprint density at radius 3 is 2.31 bits per heavy atom. The van der Waals surface area contributed by atoms with E-state index in [2.05, 4.69) is 25.8 Å². The molecule has 1 unspecified atom stereocenters. The van der Waals surface area contributed by atoms with Gasteiger partial charge in [-0.05, 0) is 45.1 Å². The first-order chi connectivity index (χ1) is 7.37. The summed E-state index contributed by atoms with van der Waals surface area (Å²) in [6.07, 6.45) is 5.71. The van der Waals surface area contributed by atoms with Gasteiger partial charge in [0.2, 0.25) is 0 Å². The van der Waals surface area contributed by atoms with Crippen molar-refractivity contribution in [1.82, 2.24) is 4.90 Å². The molecular weight excluding hydrogens is 198 g/mol. The zero-order valence-corrected chi connectivity index (χ0v) is 11.5. The minimum absolute atomic E-state index is 0.0937. The summed E-state index contributed by atoms with van der Waals surface area (Å²) in [5.74, 6) is 0.368.